The zero-order valence-corrected chi connectivity index (χ0v) is 14.9. The van der Waals surface area contributed by atoms with E-state index in [1.54, 1.807) is 6.07 Å². The van der Waals surface area contributed by atoms with Gasteiger partial charge in [0.1, 0.15) is 0 Å². The lowest BCUT2D eigenvalue weighted by Crippen LogP contribution is -2.15. The van der Waals surface area contributed by atoms with Gasteiger partial charge in [-0.15, -0.1) is 0 Å². The minimum atomic E-state index is -0.308. The largest absolute Gasteiger partial charge is 0.355 e. The van der Waals surface area contributed by atoms with E-state index in [4.69, 9.17) is 16.1 Å². The van der Waals surface area contributed by atoms with Gasteiger partial charge in [0, 0.05) is 22.3 Å². The smallest absolute Gasteiger partial charge is 0.277 e. The van der Waals surface area contributed by atoms with Gasteiger partial charge >= 0.3 is 0 Å². The molecular formula is C20H19ClN2O2. The lowest BCUT2D eigenvalue weighted by Gasteiger charge is -2.15. The molecule has 0 atom stereocenters. The van der Waals surface area contributed by atoms with Gasteiger partial charge in [0.05, 0.1) is 0 Å². The molecule has 128 valence electrons. The van der Waals surface area contributed by atoms with Crippen LogP contribution in [0.1, 0.15) is 35.5 Å². The van der Waals surface area contributed by atoms with Gasteiger partial charge in [0.2, 0.25) is 0 Å². The molecule has 25 heavy (non-hydrogen) atoms. The summed E-state index contributed by atoms with van der Waals surface area (Å²) < 4.78 is 5.31. The summed E-state index contributed by atoms with van der Waals surface area (Å²) >= 11 is 6.29. The molecule has 3 aromatic rings. The average Bonchev–Trinajstić information content (AvgIpc) is 3.13. The Morgan fingerprint density at radius 2 is 1.88 bits per heavy atom. The molecule has 0 bridgehead atoms. The molecule has 0 aliphatic rings. The number of anilines is 1. The molecule has 1 amide bonds. The standard InChI is InChI=1S/C20H19ClN2O2/c1-3-13-10-11-16(21)15(4-2)19(13)22-20(24)17-12-18(25-23-17)14-8-6-5-7-9-14/h5-12H,3-4H2,1-2H3,(H,22,24). The van der Waals surface area contributed by atoms with Crippen molar-refractivity contribution in [2.45, 2.75) is 26.7 Å². The molecule has 0 aliphatic carbocycles. The number of benzene rings is 2. The fourth-order valence-corrected chi connectivity index (χ4v) is 3.06. The van der Waals surface area contributed by atoms with E-state index in [-0.39, 0.29) is 11.6 Å². The molecule has 5 heteroatoms. The number of carbonyl (C=O) groups is 1. The second-order valence-corrected chi connectivity index (χ2v) is 6.07. The van der Waals surface area contributed by atoms with E-state index in [1.165, 1.54) is 0 Å². The predicted octanol–water partition coefficient (Wildman–Crippen LogP) is 5.37. The van der Waals surface area contributed by atoms with Crippen LogP contribution in [0.15, 0.2) is 53.1 Å². The van der Waals surface area contributed by atoms with Crippen molar-refractivity contribution in [1.82, 2.24) is 5.16 Å². The summed E-state index contributed by atoms with van der Waals surface area (Å²) in [6, 6.07) is 15.0. The van der Waals surface area contributed by atoms with Crippen molar-refractivity contribution >= 4 is 23.2 Å². The van der Waals surface area contributed by atoms with Crippen molar-refractivity contribution < 1.29 is 9.32 Å². The summed E-state index contributed by atoms with van der Waals surface area (Å²) in [5.41, 5.74) is 3.86. The van der Waals surface area contributed by atoms with E-state index in [0.29, 0.717) is 10.8 Å². The number of aromatic nitrogens is 1. The maximum absolute atomic E-state index is 12.6. The molecule has 0 unspecified atom stereocenters. The number of rotatable bonds is 5. The Morgan fingerprint density at radius 1 is 1.12 bits per heavy atom. The Balaban J connectivity index is 1.89. The van der Waals surface area contributed by atoms with Crippen molar-refractivity contribution in [1.29, 1.82) is 0 Å². The quantitative estimate of drug-likeness (QED) is 0.669. The number of aryl methyl sites for hydroxylation is 1. The number of amides is 1. The van der Waals surface area contributed by atoms with Crippen molar-refractivity contribution in [2.75, 3.05) is 5.32 Å². The molecule has 0 aliphatic heterocycles. The molecule has 0 fully saturated rings. The highest BCUT2D eigenvalue weighted by atomic mass is 35.5. The summed E-state index contributed by atoms with van der Waals surface area (Å²) in [6.45, 7) is 4.06. The maximum atomic E-state index is 12.6. The zero-order chi connectivity index (χ0) is 17.8. The molecular weight excluding hydrogens is 336 g/mol. The first-order chi connectivity index (χ1) is 12.1. The fraction of sp³-hybridized carbons (Fsp3) is 0.200. The number of nitrogens with zero attached hydrogens (tertiary/aromatic N) is 1. The molecule has 0 spiro atoms. The number of carbonyl (C=O) groups excluding carboxylic acids is 1. The Kier molecular flexibility index (Phi) is 5.19. The van der Waals surface area contributed by atoms with E-state index < -0.39 is 0 Å². The summed E-state index contributed by atoms with van der Waals surface area (Å²) in [7, 11) is 0. The monoisotopic (exact) mass is 354 g/mol. The summed E-state index contributed by atoms with van der Waals surface area (Å²) in [5.74, 6) is 0.251. The summed E-state index contributed by atoms with van der Waals surface area (Å²) in [6.07, 6.45) is 1.53. The van der Waals surface area contributed by atoms with Crippen molar-refractivity contribution in [3.63, 3.8) is 0 Å². The Morgan fingerprint density at radius 3 is 2.56 bits per heavy atom. The van der Waals surface area contributed by atoms with Crippen molar-refractivity contribution in [2.24, 2.45) is 0 Å². The fourth-order valence-electron chi connectivity index (χ4n) is 2.77. The van der Waals surface area contributed by atoms with Gasteiger partial charge < -0.3 is 9.84 Å². The van der Waals surface area contributed by atoms with Gasteiger partial charge in [-0.25, -0.2) is 0 Å². The molecule has 1 aromatic heterocycles. The van der Waals surface area contributed by atoms with E-state index >= 15 is 0 Å². The minimum absolute atomic E-state index is 0.239. The van der Waals surface area contributed by atoms with Crippen LogP contribution < -0.4 is 5.32 Å². The second-order valence-electron chi connectivity index (χ2n) is 5.66. The first-order valence-corrected chi connectivity index (χ1v) is 8.65. The van der Waals surface area contributed by atoms with Gasteiger partial charge in [-0.3, -0.25) is 4.79 Å². The lowest BCUT2D eigenvalue weighted by atomic mass is 10.0. The van der Waals surface area contributed by atoms with Crippen LogP contribution in [0.2, 0.25) is 5.02 Å². The molecule has 1 N–H and O–H groups in total. The summed E-state index contributed by atoms with van der Waals surface area (Å²) in [4.78, 5) is 12.6. The lowest BCUT2D eigenvalue weighted by molar-refractivity contribution is 0.101. The summed E-state index contributed by atoms with van der Waals surface area (Å²) in [5, 5.41) is 7.51. The highest BCUT2D eigenvalue weighted by molar-refractivity contribution is 6.32. The predicted molar refractivity (Wildman–Crippen MR) is 100 cm³/mol. The Bertz CT molecular complexity index is 888. The number of nitrogens with one attached hydrogen (secondary N) is 1. The van der Waals surface area contributed by atoms with Crippen LogP contribution in [-0.2, 0) is 12.8 Å². The van der Waals surface area contributed by atoms with E-state index in [0.717, 1.165) is 35.2 Å². The normalized spacial score (nSPS) is 10.7. The molecule has 0 saturated heterocycles. The van der Waals surface area contributed by atoms with Gasteiger partial charge in [0.25, 0.3) is 5.91 Å². The molecule has 2 aromatic carbocycles. The molecule has 0 saturated carbocycles. The first kappa shape index (κ1) is 17.2. The Labute approximate surface area is 151 Å². The van der Waals surface area contributed by atoms with Crippen molar-refractivity contribution in [3.8, 4) is 11.3 Å². The van der Waals surface area contributed by atoms with Gasteiger partial charge in [-0.2, -0.15) is 0 Å². The van der Waals surface area contributed by atoms with Crippen LogP contribution in [0.3, 0.4) is 0 Å². The van der Waals surface area contributed by atoms with Gasteiger partial charge in [-0.05, 0) is 30.0 Å². The highest BCUT2D eigenvalue weighted by Crippen LogP contribution is 2.30. The van der Waals surface area contributed by atoms with Crippen LogP contribution in [-0.4, -0.2) is 11.1 Å². The number of hydrogen-bond acceptors (Lipinski definition) is 3. The Hall–Kier alpha value is -2.59. The van der Waals surface area contributed by atoms with Crippen LogP contribution in [0.4, 0.5) is 5.69 Å². The highest BCUT2D eigenvalue weighted by Gasteiger charge is 2.18. The van der Waals surface area contributed by atoms with E-state index in [9.17, 15) is 4.79 Å². The minimum Gasteiger partial charge on any atom is -0.355 e. The van der Waals surface area contributed by atoms with Crippen molar-refractivity contribution in [3.05, 3.63) is 70.4 Å². The van der Waals surface area contributed by atoms with E-state index in [1.807, 2.05) is 56.3 Å². The van der Waals surface area contributed by atoms with Gasteiger partial charge in [0.15, 0.2) is 11.5 Å². The molecule has 4 nitrogen and oxygen atoms in total. The van der Waals surface area contributed by atoms with Crippen LogP contribution in [0, 0.1) is 0 Å². The van der Waals surface area contributed by atoms with Crippen LogP contribution in [0.5, 0.6) is 0 Å². The van der Waals surface area contributed by atoms with Gasteiger partial charge in [-0.1, -0.05) is 67.0 Å². The first-order valence-electron chi connectivity index (χ1n) is 8.27. The second kappa shape index (κ2) is 7.53. The number of halogens is 1. The van der Waals surface area contributed by atoms with Crippen LogP contribution in [0.25, 0.3) is 11.3 Å². The molecule has 3 rings (SSSR count). The number of hydrogen-bond donors (Lipinski definition) is 1. The maximum Gasteiger partial charge on any atom is 0.277 e. The SMILES string of the molecule is CCc1ccc(Cl)c(CC)c1NC(=O)c1cc(-c2ccccc2)on1. The molecule has 1 heterocycles. The third kappa shape index (κ3) is 3.59. The third-order valence-corrected chi connectivity index (χ3v) is 4.47. The zero-order valence-electron chi connectivity index (χ0n) is 14.2. The third-order valence-electron chi connectivity index (χ3n) is 4.12. The van der Waals surface area contributed by atoms with Crippen LogP contribution >= 0.6 is 11.6 Å². The van der Waals surface area contributed by atoms with E-state index in [2.05, 4.69) is 10.5 Å². The molecule has 0 radical (unpaired) electrons. The average molecular weight is 355 g/mol. The topological polar surface area (TPSA) is 55.1 Å².